The van der Waals surface area contributed by atoms with E-state index in [-0.39, 0.29) is 5.91 Å². The van der Waals surface area contributed by atoms with Crippen LogP contribution in [-0.4, -0.2) is 15.5 Å². The van der Waals surface area contributed by atoms with Crippen molar-refractivity contribution in [3.63, 3.8) is 0 Å². The number of amides is 1. The minimum atomic E-state index is -0.0770. The van der Waals surface area contributed by atoms with Crippen LogP contribution in [0.1, 0.15) is 27.7 Å². The van der Waals surface area contributed by atoms with Crippen LogP contribution >= 0.6 is 23.5 Å². The van der Waals surface area contributed by atoms with Gasteiger partial charge in [-0.3, -0.25) is 4.79 Å². The van der Waals surface area contributed by atoms with E-state index >= 15 is 0 Å². The van der Waals surface area contributed by atoms with Crippen molar-refractivity contribution in [1.82, 2.24) is 0 Å². The van der Waals surface area contributed by atoms with Crippen LogP contribution in [0, 0.1) is 5.92 Å². The topological polar surface area (TPSA) is 29.4 Å². The van der Waals surface area contributed by atoms with Crippen molar-refractivity contribution in [3.05, 3.63) is 11.0 Å². The second-order valence-electron chi connectivity index (χ2n) is 3.73. The van der Waals surface area contributed by atoms with Crippen LogP contribution in [0.5, 0.6) is 0 Å². The molecule has 0 aliphatic carbocycles. The Hall–Kier alpha value is -0.220. The molecular weight excluding hydrogens is 214 g/mol. The van der Waals surface area contributed by atoms with E-state index in [2.05, 4.69) is 32.7 Å². The van der Waals surface area contributed by atoms with Crippen LogP contribution < -0.4 is 0 Å². The molecule has 0 aromatic carbocycles. The summed E-state index contributed by atoms with van der Waals surface area (Å²) in [6, 6.07) is 0. The van der Waals surface area contributed by atoms with Crippen molar-refractivity contribution in [2.24, 2.45) is 10.9 Å². The van der Waals surface area contributed by atoms with Gasteiger partial charge in [0.2, 0.25) is 0 Å². The molecule has 0 spiro atoms. The smallest absolute Gasteiger partial charge is 0.266 e. The molecule has 1 aliphatic rings. The van der Waals surface area contributed by atoms with Crippen molar-refractivity contribution < 1.29 is 4.79 Å². The van der Waals surface area contributed by atoms with Gasteiger partial charge in [0.05, 0.1) is 4.91 Å². The Morgan fingerprint density at radius 3 is 2.50 bits per heavy atom. The van der Waals surface area contributed by atoms with E-state index in [4.69, 9.17) is 0 Å². The molecule has 1 heterocycles. The molecule has 0 aromatic heterocycles. The predicted molar refractivity (Wildman–Crippen MR) is 65.7 cm³/mol. The minimum absolute atomic E-state index is 0.0770. The van der Waals surface area contributed by atoms with Crippen molar-refractivity contribution in [2.75, 3.05) is 0 Å². The summed E-state index contributed by atoms with van der Waals surface area (Å²) in [5.74, 6) is 0.326. The number of hydrogen-bond acceptors (Lipinski definition) is 3. The predicted octanol–water partition coefficient (Wildman–Crippen LogP) is 3.30. The highest BCUT2D eigenvalue weighted by Gasteiger charge is 2.22. The van der Waals surface area contributed by atoms with Gasteiger partial charge in [0, 0.05) is 5.25 Å². The number of carbonyl (C=O) groups is 1. The molecule has 2 nitrogen and oxygen atoms in total. The van der Waals surface area contributed by atoms with Crippen LogP contribution in [0.2, 0.25) is 0 Å². The van der Waals surface area contributed by atoms with Crippen molar-refractivity contribution >= 4 is 33.8 Å². The van der Waals surface area contributed by atoms with E-state index < -0.39 is 0 Å². The molecule has 0 unspecified atom stereocenters. The standard InChI is InChI=1S/C10H15NOS2/c1-6(2)5-8-9(12)11-10(14-8)13-7(3)4/h5-7H,1-4H3/b8-5-. The lowest BCUT2D eigenvalue weighted by Crippen LogP contribution is -1.90. The molecule has 1 amide bonds. The summed E-state index contributed by atoms with van der Waals surface area (Å²) in [6.07, 6.45) is 1.98. The molecule has 1 rings (SSSR count). The Morgan fingerprint density at radius 1 is 1.36 bits per heavy atom. The van der Waals surface area contributed by atoms with E-state index in [0.29, 0.717) is 11.2 Å². The first-order valence-corrected chi connectivity index (χ1v) is 6.38. The normalized spacial score (nSPS) is 20.0. The fraction of sp³-hybridized carbons (Fsp3) is 0.600. The lowest BCUT2D eigenvalue weighted by Gasteiger charge is -2.01. The summed E-state index contributed by atoms with van der Waals surface area (Å²) in [6.45, 7) is 8.33. The molecule has 0 saturated carbocycles. The van der Waals surface area contributed by atoms with E-state index in [0.717, 1.165) is 9.28 Å². The summed E-state index contributed by atoms with van der Waals surface area (Å²) < 4.78 is 0.886. The van der Waals surface area contributed by atoms with E-state index in [9.17, 15) is 4.79 Å². The molecule has 0 radical (unpaired) electrons. The van der Waals surface area contributed by atoms with Gasteiger partial charge in [-0.2, -0.15) is 4.99 Å². The lowest BCUT2D eigenvalue weighted by atomic mass is 10.2. The van der Waals surface area contributed by atoms with Gasteiger partial charge in [0.25, 0.3) is 5.91 Å². The van der Waals surface area contributed by atoms with E-state index in [1.165, 1.54) is 11.8 Å². The molecule has 0 N–H and O–H groups in total. The van der Waals surface area contributed by atoms with Gasteiger partial charge < -0.3 is 0 Å². The Kier molecular flexibility index (Phi) is 4.26. The number of nitrogens with zero attached hydrogens (tertiary/aromatic N) is 1. The van der Waals surface area contributed by atoms with Crippen LogP contribution in [0.25, 0.3) is 0 Å². The van der Waals surface area contributed by atoms with E-state index in [1.807, 2.05) is 6.08 Å². The summed E-state index contributed by atoms with van der Waals surface area (Å²) in [7, 11) is 0. The van der Waals surface area contributed by atoms with Crippen molar-refractivity contribution in [1.29, 1.82) is 0 Å². The molecule has 0 fully saturated rings. The third-order valence-electron chi connectivity index (χ3n) is 1.42. The van der Waals surface area contributed by atoms with Gasteiger partial charge in [0.1, 0.15) is 4.38 Å². The summed E-state index contributed by atoms with van der Waals surface area (Å²) in [5, 5.41) is 0.479. The highest BCUT2D eigenvalue weighted by molar-refractivity contribution is 8.41. The maximum absolute atomic E-state index is 11.4. The van der Waals surface area contributed by atoms with Gasteiger partial charge in [0.15, 0.2) is 0 Å². The molecule has 4 heteroatoms. The molecule has 1 aliphatic heterocycles. The zero-order valence-corrected chi connectivity index (χ0v) is 10.5. The highest BCUT2D eigenvalue weighted by Crippen LogP contribution is 2.34. The Bertz CT molecular complexity index is 292. The van der Waals surface area contributed by atoms with Gasteiger partial charge in [-0.15, -0.1) is 0 Å². The first-order valence-electron chi connectivity index (χ1n) is 4.68. The molecule has 0 atom stereocenters. The molecule has 0 bridgehead atoms. The summed E-state index contributed by atoms with van der Waals surface area (Å²) in [5.41, 5.74) is 0. The minimum Gasteiger partial charge on any atom is -0.266 e. The fourth-order valence-corrected chi connectivity index (χ4v) is 3.33. The third-order valence-corrected chi connectivity index (χ3v) is 3.52. The SMILES string of the molecule is CC(C)/C=C1\SC(SC(C)C)=NC1=O. The number of aliphatic imine (C=N–C) groups is 1. The van der Waals surface area contributed by atoms with Crippen LogP contribution in [-0.2, 0) is 4.79 Å². The molecular formula is C10H15NOS2. The molecule has 0 aromatic rings. The highest BCUT2D eigenvalue weighted by atomic mass is 32.2. The van der Waals surface area contributed by atoms with Crippen LogP contribution in [0.3, 0.4) is 0 Å². The maximum Gasteiger partial charge on any atom is 0.285 e. The second-order valence-corrected chi connectivity index (χ2v) is 6.58. The molecule has 0 saturated heterocycles. The Balaban J connectivity index is 2.64. The average Bonchev–Trinajstić information content (AvgIpc) is 2.28. The quantitative estimate of drug-likeness (QED) is 0.680. The average molecular weight is 229 g/mol. The van der Waals surface area contributed by atoms with Gasteiger partial charge in [-0.05, 0) is 5.92 Å². The summed E-state index contributed by atoms with van der Waals surface area (Å²) >= 11 is 3.15. The van der Waals surface area contributed by atoms with Crippen LogP contribution in [0.15, 0.2) is 16.0 Å². The third kappa shape index (κ3) is 3.50. The number of carbonyl (C=O) groups excluding carboxylic acids is 1. The van der Waals surface area contributed by atoms with Gasteiger partial charge in [-0.25, -0.2) is 0 Å². The van der Waals surface area contributed by atoms with Crippen LogP contribution in [0.4, 0.5) is 0 Å². The second kappa shape index (κ2) is 5.03. The van der Waals surface area contributed by atoms with E-state index in [1.54, 1.807) is 11.8 Å². The number of thioether (sulfide) groups is 2. The largest absolute Gasteiger partial charge is 0.285 e. The Labute approximate surface area is 93.6 Å². The molecule has 14 heavy (non-hydrogen) atoms. The van der Waals surface area contributed by atoms with Crippen molar-refractivity contribution in [3.8, 4) is 0 Å². The molecule has 78 valence electrons. The maximum atomic E-state index is 11.4. The monoisotopic (exact) mass is 229 g/mol. The summed E-state index contributed by atoms with van der Waals surface area (Å²) in [4.78, 5) is 16.2. The number of rotatable bonds is 2. The van der Waals surface area contributed by atoms with Gasteiger partial charge >= 0.3 is 0 Å². The van der Waals surface area contributed by atoms with Crippen molar-refractivity contribution in [2.45, 2.75) is 32.9 Å². The zero-order chi connectivity index (χ0) is 10.7. The first kappa shape index (κ1) is 11.9. The van der Waals surface area contributed by atoms with Gasteiger partial charge in [-0.1, -0.05) is 57.3 Å². The lowest BCUT2D eigenvalue weighted by molar-refractivity contribution is -0.113. The Morgan fingerprint density at radius 2 is 2.00 bits per heavy atom. The number of hydrogen-bond donors (Lipinski definition) is 0. The fourth-order valence-electron chi connectivity index (χ4n) is 0.959. The first-order chi connectivity index (χ1) is 6.49. The number of allylic oxidation sites excluding steroid dienone is 1. The zero-order valence-electron chi connectivity index (χ0n) is 8.90.